The first-order valence-corrected chi connectivity index (χ1v) is 7.21. The van der Waals surface area contributed by atoms with Crippen molar-refractivity contribution in [1.29, 1.82) is 0 Å². The Kier molecular flexibility index (Phi) is 4.34. The molecule has 1 N–H and O–H groups in total. The van der Waals surface area contributed by atoms with Crippen molar-refractivity contribution in [3.63, 3.8) is 0 Å². The zero-order chi connectivity index (χ0) is 15.4. The summed E-state index contributed by atoms with van der Waals surface area (Å²) in [5.41, 5.74) is 1.89. The molecule has 0 aliphatic rings. The Labute approximate surface area is 127 Å². The lowest BCUT2D eigenvalue weighted by atomic mass is 10.3. The number of aliphatic hydroxyl groups is 1. The molecule has 5 heteroatoms. The summed E-state index contributed by atoms with van der Waals surface area (Å²) in [6, 6.07) is 13.8. The number of imidazole rings is 1. The highest BCUT2D eigenvalue weighted by Crippen LogP contribution is 2.17. The van der Waals surface area contributed by atoms with Crippen LogP contribution in [0.25, 0.3) is 11.0 Å². The van der Waals surface area contributed by atoms with Crippen molar-refractivity contribution in [2.24, 2.45) is 0 Å². The van der Waals surface area contributed by atoms with E-state index in [0.29, 0.717) is 24.7 Å². The van der Waals surface area contributed by atoms with Crippen LogP contribution in [0.1, 0.15) is 12.2 Å². The summed E-state index contributed by atoms with van der Waals surface area (Å²) >= 11 is 0. The minimum atomic E-state index is -0.273. The highest BCUT2D eigenvalue weighted by Gasteiger charge is 2.08. The molecule has 0 atom stereocenters. The highest BCUT2D eigenvalue weighted by atomic mass is 19.1. The van der Waals surface area contributed by atoms with Crippen molar-refractivity contribution in [3.8, 4) is 5.75 Å². The number of hydrogen-bond donors (Lipinski definition) is 1. The molecule has 3 rings (SSSR count). The van der Waals surface area contributed by atoms with Crippen LogP contribution in [-0.4, -0.2) is 21.3 Å². The summed E-state index contributed by atoms with van der Waals surface area (Å²) in [7, 11) is 0. The van der Waals surface area contributed by atoms with Crippen molar-refractivity contribution in [2.45, 2.75) is 19.6 Å². The summed E-state index contributed by atoms with van der Waals surface area (Å²) in [6.45, 7) is 1.13. The van der Waals surface area contributed by atoms with Gasteiger partial charge in [-0.2, -0.15) is 0 Å². The molecule has 0 aliphatic heterocycles. The lowest BCUT2D eigenvalue weighted by Crippen LogP contribution is -2.08. The van der Waals surface area contributed by atoms with Gasteiger partial charge in [0.2, 0.25) is 0 Å². The third-order valence-corrected chi connectivity index (χ3v) is 3.48. The first kappa shape index (κ1) is 14.5. The van der Waals surface area contributed by atoms with Crippen LogP contribution in [0.3, 0.4) is 0 Å². The fourth-order valence-electron chi connectivity index (χ4n) is 2.44. The summed E-state index contributed by atoms with van der Waals surface area (Å²) in [4.78, 5) is 4.41. The van der Waals surface area contributed by atoms with Crippen LogP contribution in [0.4, 0.5) is 4.39 Å². The highest BCUT2D eigenvalue weighted by molar-refractivity contribution is 5.75. The van der Waals surface area contributed by atoms with Crippen molar-refractivity contribution in [1.82, 2.24) is 9.55 Å². The molecule has 0 saturated carbocycles. The van der Waals surface area contributed by atoms with Crippen molar-refractivity contribution < 1.29 is 14.2 Å². The minimum Gasteiger partial charge on any atom is -0.494 e. The van der Waals surface area contributed by atoms with Crippen LogP contribution >= 0.6 is 0 Å². The number of hydrogen-bond acceptors (Lipinski definition) is 3. The van der Waals surface area contributed by atoms with Gasteiger partial charge in [0.25, 0.3) is 0 Å². The van der Waals surface area contributed by atoms with Crippen LogP contribution in [0.5, 0.6) is 5.75 Å². The fourth-order valence-corrected chi connectivity index (χ4v) is 2.44. The van der Waals surface area contributed by atoms with Crippen molar-refractivity contribution in [3.05, 3.63) is 60.2 Å². The maximum Gasteiger partial charge on any atom is 0.135 e. The van der Waals surface area contributed by atoms with E-state index in [2.05, 4.69) is 4.98 Å². The average molecular weight is 300 g/mol. The smallest absolute Gasteiger partial charge is 0.135 e. The van der Waals surface area contributed by atoms with Gasteiger partial charge in [0.1, 0.15) is 24.0 Å². The summed E-state index contributed by atoms with van der Waals surface area (Å²) < 4.78 is 20.4. The van der Waals surface area contributed by atoms with E-state index < -0.39 is 0 Å². The number of aliphatic hydroxyl groups excluding tert-OH is 1. The molecule has 0 saturated heterocycles. The van der Waals surface area contributed by atoms with Crippen LogP contribution in [-0.2, 0) is 13.2 Å². The van der Waals surface area contributed by atoms with E-state index in [4.69, 9.17) is 4.74 Å². The van der Waals surface area contributed by atoms with Crippen molar-refractivity contribution >= 4 is 11.0 Å². The van der Waals surface area contributed by atoms with E-state index >= 15 is 0 Å². The van der Waals surface area contributed by atoms with Gasteiger partial charge in [-0.15, -0.1) is 0 Å². The Balaban J connectivity index is 1.63. The second-order valence-electron chi connectivity index (χ2n) is 4.98. The predicted molar refractivity (Wildman–Crippen MR) is 82.2 cm³/mol. The third kappa shape index (κ3) is 3.09. The molecular formula is C17H17FN2O2. The standard InChI is InChI=1S/C17H17FN2O2/c18-13-6-8-14(9-7-13)22-11-3-10-20-16-5-2-1-4-15(16)19-17(20)12-21/h1-2,4-9,21H,3,10-12H2. The van der Waals surface area contributed by atoms with Gasteiger partial charge in [-0.05, 0) is 42.8 Å². The third-order valence-electron chi connectivity index (χ3n) is 3.48. The first-order chi connectivity index (χ1) is 10.8. The van der Waals surface area contributed by atoms with Crippen LogP contribution < -0.4 is 4.74 Å². The summed E-state index contributed by atoms with van der Waals surface area (Å²) in [6.07, 6.45) is 0.769. The monoisotopic (exact) mass is 300 g/mol. The SMILES string of the molecule is OCc1nc2ccccc2n1CCCOc1ccc(F)cc1. The quantitative estimate of drug-likeness (QED) is 0.711. The Morgan fingerprint density at radius 3 is 2.64 bits per heavy atom. The van der Waals surface area contributed by atoms with Gasteiger partial charge in [0.15, 0.2) is 0 Å². The number of aryl methyl sites for hydroxylation is 1. The first-order valence-electron chi connectivity index (χ1n) is 7.21. The van der Waals surface area contributed by atoms with Crippen LogP contribution in [0.15, 0.2) is 48.5 Å². The minimum absolute atomic E-state index is 0.0898. The number of rotatable bonds is 6. The molecule has 22 heavy (non-hydrogen) atoms. The van der Waals surface area contributed by atoms with Gasteiger partial charge in [-0.25, -0.2) is 9.37 Å². The molecule has 4 nitrogen and oxygen atoms in total. The average Bonchev–Trinajstić information content (AvgIpc) is 2.91. The van der Waals surface area contributed by atoms with E-state index in [1.54, 1.807) is 12.1 Å². The second kappa shape index (κ2) is 6.58. The molecule has 0 radical (unpaired) electrons. The van der Waals surface area contributed by atoms with Gasteiger partial charge in [-0.3, -0.25) is 0 Å². The molecule has 0 amide bonds. The zero-order valence-corrected chi connectivity index (χ0v) is 12.1. The van der Waals surface area contributed by atoms with Crippen molar-refractivity contribution in [2.75, 3.05) is 6.61 Å². The van der Waals surface area contributed by atoms with Gasteiger partial charge in [0.05, 0.1) is 17.6 Å². The van der Waals surface area contributed by atoms with Crippen LogP contribution in [0, 0.1) is 5.82 Å². The molecule has 0 unspecified atom stereocenters. The fraction of sp³-hybridized carbons (Fsp3) is 0.235. The van der Waals surface area contributed by atoms with E-state index in [-0.39, 0.29) is 12.4 Å². The number of aromatic nitrogens is 2. The van der Waals surface area contributed by atoms with Gasteiger partial charge < -0.3 is 14.4 Å². The number of benzene rings is 2. The topological polar surface area (TPSA) is 47.3 Å². The Hall–Kier alpha value is -2.40. The molecule has 1 aromatic heterocycles. The molecule has 0 bridgehead atoms. The molecule has 3 aromatic rings. The lowest BCUT2D eigenvalue weighted by molar-refractivity contribution is 0.261. The molecule has 2 aromatic carbocycles. The van der Waals surface area contributed by atoms with Gasteiger partial charge >= 0.3 is 0 Å². The van der Waals surface area contributed by atoms with Crippen LogP contribution in [0.2, 0.25) is 0 Å². The van der Waals surface area contributed by atoms with E-state index in [1.165, 1.54) is 12.1 Å². The maximum absolute atomic E-state index is 12.8. The molecule has 1 heterocycles. The predicted octanol–water partition coefficient (Wildman–Crippen LogP) is 3.14. The molecule has 0 spiro atoms. The number of nitrogens with zero attached hydrogens (tertiary/aromatic N) is 2. The summed E-state index contributed by atoms with van der Waals surface area (Å²) in [5.74, 6) is 1.03. The molecular weight excluding hydrogens is 283 g/mol. The largest absolute Gasteiger partial charge is 0.494 e. The number of ether oxygens (including phenoxy) is 1. The van der Waals surface area contributed by atoms with E-state index in [9.17, 15) is 9.50 Å². The zero-order valence-electron chi connectivity index (χ0n) is 12.1. The number of para-hydroxylation sites is 2. The Morgan fingerprint density at radius 1 is 1.09 bits per heavy atom. The molecule has 114 valence electrons. The second-order valence-corrected chi connectivity index (χ2v) is 4.98. The molecule has 0 fully saturated rings. The van der Waals surface area contributed by atoms with E-state index in [0.717, 1.165) is 17.5 Å². The van der Waals surface area contributed by atoms with Gasteiger partial charge in [0, 0.05) is 6.54 Å². The Morgan fingerprint density at radius 2 is 1.86 bits per heavy atom. The van der Waals surface area contributed by atoms with Gasteiger partial charge in [-0.1, -0.05) is 12.1 Å². The summed E-state index contributed by atoms with van der Waals surface area (Å²) in [5, 5.41) is 9.43. The lowest BCUT2D eigenvalue weighted by Gasteiger charge is -2.09. The normalized spacial score (nSPS) is 11.0. The molecule has 0 aliphatic carbocycles. The Bertz CT molecular complexity index is 753. The number of halogens is 1. The van der Waals surface area contributed by atoms with E-state index in [1.807, 2.05) is 28.8 Å². The maximum atomic E-state index is 12.8. The number of fused-ring (bicyclic) bond motifs is 1.